The number of hydrogen-bond acceptors (Lipinski definition) is 0. The predicted molar refractivity (Wildman–Crippen MR) is 84.2 cm³/mol. The first-order chi connectivity index (χ1) is 10.5. The molecule has 118 valence electrons. The summed E-state index contributed by atoms with van der Waals surface area (Å²) in [6.07, 6.45) is 4.25. The highest BCUT2D eigenvalue weighted by molar-refractivity contribution is 5.64. The topological polar surface area (TPSA) is 0 Å². The Labute approximate surface area is 130 Å². The van der Waals surface area contributed by atoms with Gasteiger partial charge in [0, 0.05) is 13.1 Å². The van der Waals surface area contributed by atoms with E-state index in [9.17, 15) is 13.2 Å². The summed E-state index contributed by atoms with van der Waals surface area (Å²) in [5.74, 6) is -0.621. The van der Waals surface area contributed by atoms with Gasteiger partial charge in [-0.25, -0.2) is 13.2 Å². The van der Waals surface area contributed by atoms with Gasteiger partial charge in [0.05, 0.1) is 0 Å². The Hall–Kier alpha value is -1.77. The molecule has 1 saturated carbocycles. The third kappa shape index (κ3) is 3.03. The Morgan fingerprint density at radius 2 is 1.59 bits per heavy atom. The van der Waals surface area contributed by atoms with E-state index in [0.29, 0.717) is 11.5 Å². The van der Waals surface area contributed by atoms with Crippen molar-refractivity contribution in [3.05, 3.63) is 59.4 Å². The lowest BCUT2D eigenvalue weighted by molar-refractivity contribution is 0.342. The molecule has 3 rings (SSSR count). The zero-order chi connectivity index (χ0) is 15.7. The van der Waals surface area contributed by atoms with Gasteiger partial charge in [0.2, 0.25) is 0 Å². The van der Waals surface area contributed by atoms with Crippen LogP contribution in [0.25, 0.3) is 11.1 Å². The molecule has 3 heteroatoms. The molecule has 0 N–H and O–H groups in total. The molecule has 0 radical (unpaired) electrons. The van der Waals surface area contributed by atoms with Crippen molar-refractivity contribution in [2.24, 2.45) is 5.92 Å². The van der Waals surface area contributed by atoms with Gasteiger partial charge in [0.1, 0.15) is 17.5 Å². The zero-order valence-electron chi connectivity index (χ0n) is 12.6. The minimum Gasteiger partial charge on any atom is -0.207 e. The standard InChI is InChI=1S/C19H19F3.H2/c1-12-2-4-13(5-3-12)16-8-6-14(10-18(16)21)17-9-7-15(20)11-19(17)22;/h6-13H,2-5H2,1H3;1H. The van der Waals surface area contributed by atoms with E-state index in [-0.39, 0.29) is 18.7 Å². The maximum atomic E-state index is 14.4. The monoisotopic (exact) mass is 306 g/mol. The first-order valence-corrected chi connectivity index (χ1v) is 7.79. The van der Waals surface area contributed by atoms with Gasteiger partial charge < -0.3 is 0 Å². The van der Waals surface area contributed by atoms with Crippen molar-refractivity contribution in [1.82, 2.24) is 0 Å². The van der Waals surface area contributed by atoms with Gasteiger partial charge in [0.25, 0.3) is 0 Å². The summed E-state index contributed by atoms with van der Waals surface area (Å²) in [4.78, 5) is 0. The van der Waals surface area contributed by atoms with Gasteiger partial charge in [-0.15, -0.1) is 0 Å². The molecule has 0 aliphatic heterocycles. The zero-order valence-corrected chi connectivity index (χ0v) is 12.6. The van der Waals surface area contributed by atoms with Crippen LogP contribution in [0.2, 0.25) is 0 Å². The summed E-state index contributed by atoms with van der Waals surface area (Å²) in [6, 6.07) is 8.21. The van der Waals surface area contributed by atoms with Gasteiger partial charge in [-0.2, -0.15) is 0 Å². The van der Waals surface area contributed by atoms with Crippen LogP contribution in [0.15, 0.2) is 36.4 Å². The maximum Gasteiger partial charge on any atom is 0.133 e. The lowest BCUT2D eigenvalue weighted by atomic mass is 9.79. The maximum absolute atomic E-state index is 14.4. The Bertz CT molecular complexity index is 676. The Kier molecular flexibility index (Phi) is 4.23. The number of halogens is 3. The normalized spacial score (nSPS) is 21.8. The molecule has 2 aromatic rings. The van der Waals surface area contributed by atoms with Crippen LogP contribution < -0.4 is 0 Å². The molecule has 0 nitrogen and oxygen atoms in total. The molecular formula is C19H21F3. The van der Waals surface area contributed by atoms with E-state index in [4.69, 9.17) is 0 Å². The average molecular weight is 306 g/mol. The summed E-state index contributed by atoms with van der Waals surface area (Å²) >= 11 is 0. The highest BCUT2D eigenvalue weighted by atomic mass is 19.1. The second kappa shape index (κ2) is 6.15. The van der Waals surface area contributed by atoms with Gasteiger partial charge >= 0.3 is 0 Å². The van der Waals surface area contributed by atoms with Crippen LogP contribution in [0.4, 0.5) is 13.2 Å². The van der Waals surface area contributed by atoms with Crippen LogP contribution in [0.3, 0.4) is 0 Å². The van der Waals surface area contributed by atoms with Crippen LogP contribution in [0.5, 0.6) is 0 Å². The lowest BCUT2D eigenvalue weighted by Crippen LogP contribution is -2.12. The molecule has 1 aliphatic carbocycles. The van der Waals surface area contributed by atoms with Crippen LogP contribution in [-0.2, 0) is 0 Å². The molecule has 0 spiro atoms. The fraction of sp³-hybridized carbons (Fsp3) is 0.368. The first-order valence-electron chi connectivity index (χ1n) is 7.79. The van der Waals surface area contributed by atoms with Gasteiger partial charge in [-0.05, 0) is 54.0 Å². The van der Waals surface area contributed by atoms with Gasteiger partial charge in [-0.1, -0.05) is 31.9 Å². The van der Waals surface area contributed by atoms with Crippen molar-refractivity contribution in [2.45, 2.75) is 38.5 Å². The number of benzene rings is 2. The molecule has 0 aromatic heterocycles. The molecule has 22 heavy (non-hydrogen) atoms. The van der Waals surface area contributed by atoms with E-state index in [1.54, 1.807) is 12.1 Å². The highest BCUT2D eigenvalue weighted by Crippen LogP contribution is 2.37. The molecule has 0 amide bonds. The van der Waals surface area contributed by atoms with Crippen molar-refractivity contribution in [1.29, 1.82) is 0 Å². The molecule has 0 saturated heterocycles. The number of hydrogen-bond donors (Lipinski definition) is 0. The van der Waals surface area contributed by atoms with Crippen LogP contribution in [-0.4, -0.2) is 0 Å². The number of rotatable bonds is 2. The smallest absolute Gasteiger partial charge is 0.133 e. The summed E-state index contributed by atoms with van der Waals surface area (Å²) in [7, 11) is 0. The highest BCUT2D eigenvalue weighted by Gasteiger charge is 2.22. The molecular weight excluding hydrogens is 285 g/mol. The van der Waals surface area contributed by atoms with E-state index in [1.807, 2.05) is 0 Å². The fourth-order valence-corrected chi connectivity index (χ4v) is 3.32. The van der Waals surface area contributed by atoms with Gasteiger partial charge in [-0.3, -0.25) is 0 Å². The first kappa shape index (κ1) is 15.1. The molecule has 0 unspecified atom stereocenters. The van der Waals surface area contributed by atoms with E-state index in [0.717, 1.165) is 37.3 Å². The SMILES string of the molecule is CC1CCC(c2ccc(-c3ccc(F)cc3F)cc2F)CC1.[HH]. The molecule has 1 aliphatic rings. The summed E-state index contributed by atoms with van der Waals surface area (Å²) < 4.78 is 41.2. The molecule has 2 aromatic carbocycles. The second-order valence-electron chi connectivity index (χ2n) is 6.32. The van der Waals surface area contributed by atoms with Crippen molar-refractivity contribution < 1.29 is 14.6 Å². The minimum atomic E-state index is -0.668. The second-order valence-corrected chi connectivity index (χ2v) is 6.32. The lowest BCUT2D eigenvalue weighted by Gasteiger charge is -2.26. The van der Waals surface area contributed by atoms with Crippen molar-refractivity contribution in [3.63, 3.8) is 0 Å². The van der Waals surface area contributed by atoms with E-state index in [2.05, 4.69) is 6.92 Å². The Balaban J connectivity index is 0.00000192. The average Bonchev–Trinajstić information content (AvgIpc) is 2.48. The van der Waals surface area contributed by atoms with E-state index >= 15 is 0 Å². The summed E-state index contributed by atoms with van der Waals surface area (Å²) in [6.45, 7) is 2.23. The van der Waals surface area contributed by atoms with E-state index in [1.165, 1.54) is 18.2 Å². The predicted octanol–water partition coefficient (Wildman–Crippen LogP) is 6.31. The third-order valence-corrected chi connectivity index (χ3v) is 4.70. The van der Waals surface area contributed by atoms with Gasteiger partial charge in [0.15, 0.2) is 0 Å². The van der Waals surface area contributed by atoms with Crippen LogP contribution in [0, 0.1) is 23.4 Å². The van der Waals surface area contributed by atoms with Crippen molar-refractivity contribution in [3.8, 4) is 11.1 Å². The molecule has 0 atom stereocenters. The summed E-state index contributed by atoms with van der Waals surface area (Å²) in [5, 5.41) is 0. The van der Waals surface area contributed by atoms with Crippen LogP contribution >= 0.6 is 0 Å². The van der Waals surface area contributed by atoms with Crippen LogP contribution in [0.1, 0.15) is 45.5 Å². The minimum absolute atomic E-state index is 0. The Morgan fingerprint density at radius 3 is 2.23 bits per heavy atom. The molecule has 0 bridgehead atoms. The van der Waals surface area contributed by atoms with E-state index < -0.39 is 11.6 Å². The fourth-order valence-electron chi connectivity index (χ4n) is 3.32. The molecule has 0 heterocycles. The van der Waals surface area contributed by atoms with Crippen molar-refractivity contribution in [2.75, 3.05) is 0 Å². The third-order valence-electron chi connectivity index (χ3n) is 4.70. The largest absolute Gasteiger partial charge is 0.207 e. The van der Waals surface area contributed by atoms with Crippen molar-refractivity contribution >= 4 is 0 Å². The summed E-state index contributed by atoms with van der Waals surface area (Å²) in [5.41, 5.74) is 1.39. The molecule has 1 fully saturated rings. The quantitative estimate of drug-likeness (QED) is 0.610. The Morgan fingerprint density at radius 1 is 0.864 bits per heavy atom.